The predicted octanol–water partition coefficient (Wildman–Crippen LogP) is 3.43. The van der Waals surface area contributed by atoms with Crippen LogP contribution in [0.3, 0.4) is 0 Å². The maximum absolute atomic E-state index is 10.6. The van der Waals surface area contributed by atoms with Crippen LogP contribution >= 0.6 is 0 Å². The number of aliphatic hydroxyl groups excluding tert-OH is 1. The lowest BCUT2D eigenvalue weighted by molar-refractivity contribution is -0.0450. The van der Waals surface area contributed by atoms with Gasteiger partial charge in [0.1, 0.15) is 5.76 Å². The Hall–Kier alpha value is -0.800. The van der Waals surface area contributed by atoms with Crippen LogP contribution in [0.5, 0.6) is 0 Å². The van der Waals surface area contributed by atoms with Crippen LogP contribution in [0.15, 0.2) is 22.8 Å². The molecule has 2 saturated carbocycles. The van der Waals surface area contributed by atoms with Gasteiger partial charge < -0.3 is 9.52 Å². The first kappa shape index (κ1) is 14.2. The predicted molar refractivity (Wildman–Crippen MR) is 79.3 cm³/mol. The van der Waals surface area contributed by atoms with E-state index < -0.39 is 0 Å². The lowest BCUT2D eigenvalue weighted by Crippen LogP contribution is -2.45. The van der Waals surface area contributed by atoms with Gasteiger partial charge in [-0.25, -0.2) is 0 Å². The molecule has 2 aliphatic rings. The third-order valence-corrected chi connectivity index (χ3v) is 5.11. The van der Waals surface area contributed by atoms with Gasteiger partial charge in [0.15, 0.2) is 0 Å². The van der Waals surface area contributed by atoms with Crippen molar-refractivity contribution >= 4 is 0 Å². The molecule has 0 spiro atoms. The molecular formula is C17H27NO2. The van der Waals surface area contributed by atoms with E-state index in [-0.39, 0.29) is 11.5 Å². The highest BCUT2D eigenvalue weighted by Gasteiger charge is 2.40. The number of nitrogens with zero attached hydrogens (tertiary/aromatic N) is 1. The number of hydrogen-bond acceptors (Lipinski definition) is 3. The zero-order valence-electron chi connectivity index (χ0n) is 12.7. The number of hydrogen-bond donors (Lipinski definition) is 1. The molecule has 112 valence electrons. The summed E-state index contributed by atoms with van der Waals surface area (Å²) in [6, 6.07) is 4.72. The largest absolute Gasteiger partial charge is 0.468 e. The topological polar surface area (TPSA) is 36.6 Å². The maximum atomic E-state index is 10.6. The van der Waals surface area contributed by atoms with Gasteiger partial charge in [-0.1, -0.05) is 20.3 Å². The molecule has 0 amide bonds. The fraction of sp³-hybridized carbons (Fsp3) is 0.765. The Morgan fingerprint density at radius 2 is 2.15 bits per heavy atom. The molecule has 0 bridgehead atoms. The number of rotatable bonds is 5. The average Bonchev–Trinajstić information content (AvgIpc) is 3.13. The SMILES string of the molecule is CC1(C)CCCC(CN(Cc2ccco2)C2CC2)C1O. The van der Waals surface area contributed by atoms with E-state index in [1.165, 1.54) is 19.3 Å². The summed E-state index contributed by atoms with van der Waals surface area (Å²) in [5.41, 5.74) is 0.0722. The molecule has 0 aliphatic heterocycles. The lowest BCUT2D eigenvalue weighted by atomic mass is 9.69. The Morgan fingerprint density at radius 1 is 1.35 bits per heavy atom. The fourth-order valence-electron chi connectivity index (χ4n) is 3.64. The fourth-order valence-corrected chi connectivity index (χ4v) is 3.64. The van der Waals surface area contributed by atoms with Gasteiger partial charge in [-0.2, -0.15) is 0 Å². The second kappa shape index (κ2) is 5.53. The van der Waals surface area contributed by atoms with Gasteiger partial charge in [0.25, 0.3) is 0 Å². The van der Waals surface area contributed by atoms with Crippen molar-refractivity contribution in [3.63, 3.8) is 0 Å². The summed E-state index contributed by atoms with van der Waals surface area (Å²) in [6.45, 7) is 6.31. The molecule has 3 nitrogen and oxygen atoms in total. The Morgan fingerprint density at radius 3 is 2.80 bits per heavy atom. The normalized spacial score (nSPS) is 29.8. The maximum Gasteiger partial charge on any atom is 0.117 e. The van der Waals surface area contributed by atoms with Crippen molar-refractivity contribution in [3.05, 3.63) is 24.2 Å². The highest BCUT2D eigenvalue weighted by atomic mass is 16.3. The second-order valence-corrected chi connectivity index (χ2v) is 7.33. The van der Waals surface area contributed by atoms with E-state index in [2.05, 4.69) is 24.8 Å². The van der Waals surface area contributed by atoms with E-state index in [1.807, 2.05) is 6.07 Å². The van der Waals surface area contributed by atoms with E-state index >= 15 is 0 Å². The highest BCUT2D eigenvalue weighted by Crippen LogP contribution is 2.40. The van der Waals surface area contributed by atoms with Crippen molar-refractivity contribution in [3.8, 4) is 0 Å². The first-order valence-corrected chi connectivity index (χ1v) is 8.01. The van der Waals surface area contributed by atoms with E-state index in [9.17, 15) is 5.11 Å². The van der Waals surface area contributed by atoms with E-state index in [0.717, 1.165) is 31.7 Å². The molecule has 2 atom stereocenters. The minimum absolute atomic E-state index is 0.0722. The van der Waals surface area contributed by atoms with Crippen LogP contribution in [0.4, 0.5) is 0 Å². The molecule has 0 aromatic carbocycles. The lowest BCUT2D eigenvalue weighted by Gasteiger charge is -2.42. The van der Waals surface area contributed by atoms with Gasteiger partial charge in [-0.3, -0.25) is 4.90 Å². The first-order valence-electron chi connectivity index (χ1n) is 8.01. The zero-order chi connectivity index (χ0) is 14.2. The molecule has 2 fully saturated rings. The zero-order valence-corrected chi connectivity index (χ0v) is 12.7. The highest BCUT2D eigenvalue weighted by molar-refractivity contribution is 5.00. The second-order valence-electron chi connectivity index (χ2n) is 7.33. The Kier molecular flexibility index (Phi) is 3.91. The molecule has 2 aliphatic carbocycles. The number of aliphatic hydroxyl groups is 1. The van der Waals surface area contributed by atoms with Crippen molar-refractivity contribution in [2.45, 2.75) is 64.6 Å². The van der Waals surface area contributed by atoms with Gasteiger partial charge in [-0.15, -0.1) is 0 Å². The monoisotopic (exact) mass is 277 g/mol. The first-order chi connectivity index (χ1) is 9.56. The van der Waals surface area contributed by atoms with Crippen molar-refractivity contribution in [1.82, 2.24) is 4.90 Å². The Bertz CT molecular complexity index is 422. The third kappa shape index (κ3) is 3.09. The van der Waals surface area contributed by atoms with Crippen LogP contribution in [0.25, 0.3) is 0 Å². The summed E-state index contributed by atoms with van der Waals surface area (Å²) >= 11 is 0. The molecular weight excluding hydrogens is 250 g/mol. The van der Waals surface area contributed by atoms with Crippen molar-refractivity contribution in [2.75, 3.05) is 6.54 Å². The molecule has 3 heteroatoms. The molecule has 1 aromatic heterocycles. The molecule has 20 heavy (non-hydrogen) atoms. The minimum Gasteiger partial charge on any atom is -0.468 e. The summed E-state index contributed by atoms with van der Waals surface area (Å²) in [4.78, 5) is 2.52. The summed E-state index contributed by atoms with van der Waals surface area (Å²) in [7, 11) is 0. The summed E-state index contributed by atoms with van der Waals surface area (Å²) < 4.78 is 5.49. The minimum atomic E-state index is -0.172. The van der Waals surface area contributed by atoms with E-state index in [1.54, 1.807) is 6.26 Å². The van der Waals surface area contributed by atoms with Crippen LogP contribution < -0.4 is 0 Å². The van der Waals surface area contributed by atoms with Crippen molar-refractivity contribution in [2.24, 2.45) is 11.3 Å². The number of furan rings is 1. The van der Waals surface area contributed by atoms with Crippen molar-refractivity contribution < 1.29 is 9.52 Å². The van der Waals surface area contributed by atoms with Crippen LogP contribution in [0, 0.1) is 11.3 Å². The summed E-state index contributed by atoms with van der Waals surface area (Å²) in [6.07, 6.45) is 7.72. The average molecular weight is 277 g/mol. The molecule has 0 saturated heterocycles. The standard InChI is InChI=1S/C17H27NO2/c1-17(2)9-3-5-13(16(17)19)11-18(14-7-8-14)12-15-6-4-10-20-15/h4,6,10,13-14,16,19H,3,5,7-9,11-12H2,1-2H3. The third-order valence-electron chi connectivity index (χ3n) is 5.11. The Balaban J connectivity index is 1.64. The molecule has 2 unspecified atom stereocenters. The quantitative estimate of drug-likeness (QED) is 0.896. The van der Waals surface area contributed by atoms with Gasteiger partial charge in [0.2, 0.25) is 0 Å². The summed E-state index contributed by atoms with van der Waals surface area (Å²) in [5.74, 6) is 1.45. The summed E-state index contributed by atoms with van der Waals surface area (Å²) in [5, 5.41) is 10.6. The van der Waals surface area contributed by atoms with Crippen LogP contribution in [-0.4, -0.2) is 28.7 Å². The molecule has 1 heterocycles. The molecule has 0 radical (unpaired) electrons. The van der Waals surface area contributed by atoms with Crippen molar-refractivity contribution in [1.29, 1.82) is 0 Å². The van der Waals surface area contributed by atoms with Gasteiger partial charge in [-0.05, 0) is 49.1 Å². The molecule has 1 aromatic rings. The van der Waals surface area contributed by atoms with Crippen LogP contribution in [-0.2, 0) is 6.54 Å². The van der Waals surface area contributed by atoms with E-state index in [4.69, 9.17) is 4.42 Å². The van der Waals surface area contributed by atoms with Gasteiger partial charge in [0.05, 0.1) is 18.9 Å². The van der Waals surface area contributed by atoms with Gasteiger partial charge >= 0.3 is 0 Å². The van der Waals surface area contributed by atoms with Crippen LogP contribution in [0.2, 0.25) is 0 Å². The molecule has 3 rings (SSSR count). The van der Waals surface area contributed by atoms with E-state index in [0.29, 0.717) is 12.0 Å². The molecule has 1 N–H and O–H groups in total. The Labute approximate surface area is 122 Å². The van der Waals surface area contributed by atoms with Gasteiger partial charge in [0, 0.05) is 12.6 Å². The smallest absolute Gasteiger partial charge is 0.117 e. The van der Waals surface area contributed by atoms with Crippen LogP contribution in [0.1, 0.15) is 51.7 Å².